The van der Waals surface area contributed by atoms with Crippen molar-refractivity contribution in [1.82, 2.24) is 9.03 Å². The molecule has 0 saturated heterocycles. The van der Waals surface area contributed by atoms with Crippen LogP contribution in [0, 0.1) is 0 Å². The number of carbonyl (C=O) groups is 2. The zero-order valence-electron chi connectivity index (χ0n) is 16.3. The minimum atomic E-state index is -3.56. The van der Waals surface area contributed by atoms with Crippen LogP contribution in [-0.2, 0) is 16.1 Å². The lowest BCUT2D eigenvalue weighted by atomic mass is 10.00. The molecule has 1 aliphatic heterocycles. The summed E-state index contributed by atoms with van der Waals surface area (Å²) in [5, 5.41) is 9.66. The van der Waals surface area contributed by atoms with Crippen LogP contribution in [0.15, 0.2) is 54.2 Å². The van der Waals surface area contributed by atoms with Gasteiger partial charge in [-0.15, -0.1) is 0 Å². The Labute approximate surface area is 190 Å². The third-order valence-electron chi connectivity index (χ3n) is 4.52. The number of rotatable bonds is 6. The van der Waals surface area contributed by atoms with E-state index in [1.807, 2.05) is 0 Å². The molecule has 1 atom stereocenters. The fraction of sp³-hybridized carbons (Fsp3) is 0.200. The molecule has 31 heavy (non-hydrogen) atoms. The summed E-state index contributed by atoms with van der Waals surface area (Å²) in [5.74, 6) is -1.71. The van der Waals surface area contributed by atoms with Gasteiger partial charge in [0, 0.05) is 16.2 Å². The van der Waals surface area contributed by atoms with Gasteiger partial charge in [0.2, 0.25) is 0 Å². The number of aromatic carboxylic acids is 1. The number of hydrogen-bond acceptors (Lipinski definition) is 7. The van der Waals surface area contributed by atoms with E-state index in [2.05, 4.69) is 4.72 Å². The van der Waals surface area contributed by atoms with Gasteiger partial charge in [-0.25, -0.2) is 9.59 Å². The fourth-order valence-electron chi connectivity index (χ4n) is 3.01. The third-order valence-corrected chi connectivity index (χ3v) is 6.52. The Hall–Kier alpha value is -2.27. The highest BCUT2D eigenvalue weighted by Gasteiger charge is 2.37. The topological polar surface area (TPSA) is 119 Å². The number of halogens is 2. The number of carboxylic acid groups (broad SMARTS) is 1. The summed E-state index contributed by atoms with van der Waals surface area (Å²) < 4.78 is 30.5. The molecule has 1 aliphatic rings. The van der Waals surface area contributed by atoms with Crippen LogP contribution in [0.2, 0.25) is 10.0 Å². The Bertz CT molecular complexity index is 1030. The maximum atomic E-state index is 12.6. The summed E-state index contributed by atoms with van der Waals surface area (Å²) in [4.78, 5) is 23.7. The van der Waals surface area contributed by atoms with Crippen molar-refractivity contribution < 1.29 is 28.5 Å². The molecule has 166 valence electrons. The van der Waals surface area contributed by atoms with E-state index in [0.29, 0.717) is 16.1 Å². The molecule has 0 bridgehead atoms. The van der Waals surface area contributed by atoms with Gasteiger partial charge in [-0.1, -0.05) is 52.4 Å². The van der Waals surface area contributed by atoms with E-state index in [1.54, 1.807) is 31.2 Å². The molecule has 0 aromatic heterocycles. The van der Waals surface area contributed by atoms with Crippen LogP contribution in [0.3, 0.4) is 0 Å². The molecule has 0 aliphatic carbocycles. The van der Waals surface area contributed by atoms with Crippen molar-refractivity contribution in [3.8, 4) is 0 Å². The molecule has 0 amide bonds. The Kier molecular flexibility index (Phi) is 7.15. The quantitative estimate of drug-likeness (QED) is 0.427. The first-order chi connectivity index (χ1) is 14.6. The van der Waals surface area contributed by atoms with E-state index < -0.39 is 28.9 Å². The van der Waals surface area contributed by atoms with Gasteiger partial charge in [-0.05, 0) is 42.3 Å². The van der Waals surface area contributed by atoms with Gasteiger partial charge >= 0.3 is 11.9 Å². The van der Waals surface area contributed by atoms with Gasteiger partial charge in [-0.3, -0.25) is 13.4 Å². The zero-order chi connectivity index (χ0) is 22.8. The van der Waals surface area contributed by atoms with Crippen molar-refractivity contribution in [3.63, 3.8) is 0 Å². The Morgan fingerprint density at radius 2 is 1.84 bits per heavy atom. The Balaban J connectivity index is 1.99. The summed E-state index contributed by atoms with van der Waals surface area (Å²) in [6.45, 7) is 1.79. The minimum Gasteiger partial charge on any atom is -0.478 e. The summed E-state index contributed by atoms with van der Waals surface area (Å²) >= 11 is 12.2. The van der Waals surface area contributed by atoms with Gasteiger partial charge in [0.1, 0.15) is 0 Å². The van der Waals surface area contributed by atoms with Crippen molar-refractivity contribution in [2.24, 2.45) is 0 Å². The predicted octanol–water partition coefficient (Wildman–Crippen LogP) is 4.87. The molecule has 8 nitrogen and oxygen atoms in total. The van der Waals surface area contributed by atoms with Crippen molar-refractivity contribution >= 4 is 46.1 Å². The Morgan fingerprint density at radius 3 is 2.42 bits per heavy atom. The van der Waals surface area contributed by atoms with E-state index in [9.17, 15) is 18.7 Å². The standard InChI is InChI=1S/C20H20Cl2N2O6S/c1-2-30-20(27)16-11-24(10-12-3-5-13(6-4-12)19(25)26)31(28,29)23-18(16)15-8-7-14(21)9-17(15)22/h3-9,11,18,23,28-29H,2,10H2,1H3,(H,25,26). The first kappa shape index (κ1) is 23.4. The first-order valence-corrected chi connectivity index (χ1v) is 11.4. The van der Waals surface area contributed by atoms with Gasteiger partial charge in [0.25, 0.3) is 0 Å². The molecular formula is C20H20Cl2N2O6S. The molecule has 0 spiro atoms. The van der Waals surface area contributed by atoms with Gasteiger partial charge in [0.15, 0.2) is 0 Å². The number of ether oxygens (including phenoxy) is 1. The summed E-state index contributed by atoms with van der Waals surface area (Å²) in [7, 11) is -3.56. The van der Waals surface area contributed by atoms with Crippen LogP contribution in [0.25, 0.3) is 0 Å². The minimum absolute atomic E-state index is 0.000786. The maximum Gasteiger partial charge on any atom is 0.337 e. The van der Waals surface area contributed by atoms with E-state index in [0.717, 1.165) is 0 Å². The highest BCUT2D eigenvalue weighted by atomic mass is 35.5. The maximum absolute atomic E-state index is 12.6. The molecule has 1 unspecified atom stereocenters. The molecule has 11 heteroatoms. The van der Waals surface area contributed by atoms with Crippen LogP contribution in [0.1, 0.15) is 34.5 Å². The molecule has 2 aromatic rings. The number of esters is 1. The molecular weight excluding hydrogens is 467 g/mol. The number of hydrogen-bond donors (Lipinski definition) is 4. The zero-order valence-corrected chi connectivity index (χ0v) is 18.6. The van der Waals surface area contributed by atoms with Gasteiger partial charge in [-0.2, -0.15) is 4.72 Å². The van der Waals surface area contributed by atoms with Gasteiger partial charge < -0.3 is 9.84 Å². The van der Waals surface area contributed by atoms with E-state index in [1.165, 1.54) is 28.7 Å². The number of nitrogens with zero attached hydrogens (tertiary/aromatic N) is 1. The Morgan fingerprint density at radius 1 is 1.16 bits per heavy atom. The van der Waals surface area contributed by atoms with Crippen LogP contribution in [-0.4, -0.2) is 37.1 Å². The monoisotopic (exact) mass is 486 g/mol. The van der Waals surface area contributed by atoms with Crippen LogP contribution < -0.4 is 4.72 Å². The van der Waals surface area contributed by atoms with Crippen LogP contribution in [0.4, 0.5) is 0 Å². The number of benzene rings is 2. The highest BCUT2D eigenvalue weighted by Crippen LogP contribution is 2.49. The molecule has 0 radical (unpaired) electrons. The van der Waals surface area contributed by atoms with Crippen molar-refractivity contribution in [3.05, 3.63) is 81.0 Å². The molecule has 0 fully saturated rings. The van der Waals surface area contributed by atoms with Crippen LogP contribution in [0.5, 0.6) is 0 Å². The second-order valence-electron chi connectivity index (χ2n) is 6.62. The van der Waals surface area contributed by atoms with Crippen LogP contribution >= 0.6 is 34.2 Å². The summed E-state index contributed by atoms with van der Waals surface area (Å²) in [6.07, 6.45) is 1.32. The smallest absolute Gasteiger partial charge is 0.337 e. The second kappa shape index (κ2) is 9.47. The van der Waals surface area contributed by atoms with E-state index in [4.69, 9.17) is 33.0 Å². The SMILES string of the molecule is CCOC(=O)C1=CN(Cc2ccc(C(=O)O)cc2)S(O)(O)NC1c1ccc(Cl)cc1Cl. The average molecular weight is 487 g/mol. The molecule has 4 N–H and O–H groups in total. The van der Waals surface area contributed by atoms with Crippen molar-refractivity contribution in [2.45, 2.75) is 19.5 Å². The number of carboxylic acids is 1. The second-order valence-corrected chi connectivity index (χ2v) is 9.20. The predicted molar refractivity (Wildman–Crippen MR) is 119 cm³/mol. The summed E-state index contributed by atoms with van der Waals surface area (Å²) in [6, 6.07) is 9.64. The fourth-order valence-corrected chi connectivity index (χ4v) is 4.83. The third kappa shape index (κ3) is 5.32. The van der Waals surface area contributed by atoms with Gasteiger partial charge in [0.05, 0.1) is 30.3 Å². The van der Waals surface area contributed by atoms with Crippen molar-refractivity contribution in [2.75, 3.05) is 6.61 Å². The first-order valence-electron chi connectivity index (χ1n) is 9.10. The number of nitrogens with one attached hydrogen (secondary N) is 1. The normalized spacial score (nSPS) is 18.8. The molecule has 1 heterocycles. The van der Waals surface area contributed by atoms with E-state index >= 15 is 0 Å². The van der Waals surface area contributed by atoms with Crippen molar-refractivity contribution in [1.29, 1.82) is 0 Å². The molecule has 3 rings (SSSR count). The summed E-state index contributed by atoms with van der Waals surface area (Å²) in [5.41, 5.74) is 1.26. The molecule has 0 saturated carbocycles. The average Bonchev–Trinajstić information content (AvgIpc) is 2.69. The van der Waals surface area contributed by atoms with E-state index in [-0.39, 0.29) is 29.3 Å². The largest absolute Gasteiger partial charge is 0.478 e. The number of carbonyl (C=O) groups excluding carboxylic acids is 1. The highest BCUT2D eigenvalue weighted by molar-refractivity contribution is 8.20. The lowest BCUT2D eigenvalue weighted by molar-refractivity contribution is -0.139. The molecule has 2 aromatic carbocycles. The lowest BCUT2D eigenvalue weighted by Crippen LogP contribution is -2.42. The lowest BCUT2D eigenvalue weighted by Gasteiger charge is -2.48.